The Labute approximate surface area is 121 Å². The van der Waals surface area contributed by atoms with Gasteiger partial charge in [-0.2, -0.15) is 4.98 Å². The SMILES string of the molecule is O=[N+]([O-])c1cccc2oc(NCC3CC4CCC3C4)nc12. The molecule has 0 amide bonds. The van der Waals surface area contributed by atoms with Crippen LogP contribution in [0.5, 0.6) is 0 Å². The van der Waals surface area contributed by atoms with E-state index in [-0.39, 0.29) is 5.69 Å². The van der Waals surface area contributed by atoms with Crippen molar-refractivity contribution >= 4 is 22.8 Å². The number of nitrogens with one attached hydrogen (secondary N) is 1. The van der Waals surface area contributed by atoms with Gasteiger partial charge >= 0.3 is 0 Å². The Morgan fingerprint density at radius 1 is 1.38 bits per heavy atom. The summed E-state index contributed by atoms with van der Waals surface area (Å²) in [4.78, 5) is 14.8. The number of nitrogens with zero attached hydrogens (tertiary/aromatic N) is 2. The predicted molar refractivity (Wildman–Crippen MR) is 78.1 cm³/mol. The Morgan fingerprint density at radius 2 is 2.29 bits per heavy atom. The van der Waals surface area contributed by atoms with Gasteiger partial charge in [0.15, 0.2) is 11.1 Å². The molecule has 2 aromatic rings. The Bertz CT molecular complexity index is 697. The Hall–Kier alpha value is -2.11. The fraction of sp³-hybridized carbons (Fsp3) is 0.533. The van der Waals surface area contributed by atoms with Crippen molar-refractivity contribution < 1.29 is 9.34 Å². The summed E-state index contributed by atoms with van der Waals surface area (Å²) >= 11 is 0. The van der Waals surface area contributed by atoms with Crippen LogP contribution in [0, 0.1) is 27.9 Å². The average Bonchev–Trinajstić information content (AvgIpc) is 3.18. The molecule has 1 heterocycles. The number of hydrogen-bond acceptors (Lipinski definition) is 5. The van der Waals surface area contributed by atoms with Crippen LogP contribution >= 0.6 is 0 Å². The van der Waals surface area contributed by atoms with E-state index in [0.29, 0.717) is 23.0 Å². The summed E-state index contributed by atoms with van der Waals surface area (Å²) < 4.78 is 5.57. The fourth-order valence-corrected chi connectivity index (χ4v) is 4.00. The van der Waals surface area contributed by atoms with Crippen molar-refractivity contribution in [1.82, 2.24) is 4.98 Å². The predicted octanol–water partition coefficient (Wildman–Crippen LogP) is 3.58. The van der Waals surface area contributed by atoms with Crippen LogP contribution in [0.15, 0.2) is 22.6 Å². The molecule has 2 aliphatic rings. The maximum Gasteiger partial charge on any atom is 0.298 e. The standard InChI is InChI=1S/C15H17N3O3/c19-18(20)12-2-1-3-13-14(12)17-15(21-13)16-8-11-7-9-4-5-10(11)6-9/h1-3,9-11H,4-8H2,(H,16,17). The van der Waals surface area contributed by atoms with E-state index in [1.807, 2.05) is 0 Å². The van der Waals surface area contributed by atoms with Gasteiger partial charge in [0.2, 0.25) is 0 Å². The van der Waals surface area contributed by atoms with Crippen LogP contribution in [0.25, 0.3) is 11.1 Å². The van der Waals surface area contributed by atoms with Crippen LogP contribution in [0.3, 0.4) is 0 Å². The molecule has 2 fully saturated rings. The summed E-state index contributed by atoms with van der Waals surface area (Å²) in [6.45, 7) is 0.849. The highest BCUT2D eigenvalue weighted by Crippen LogP contribution is 2.48. The van der Waals surface area contributed by atoms with Gasteiger partial charge in [0.1, 0.15) is 0 Å². The second-order valence-electron chi connectivity index (χ2n) is 6.22. The number of oxazole rings is 1. The van der Waals surface area contributed by atoms with Gasteiger partial charge in [0.05, 0.1) is 4.92 Å². The van der Waals surface area contributed by atoms with Gasteiger partial charge < -0.3 is 9.73 Å². The summed E-state index contributed by atoms with van der Waals surface area (Å²) in [5.41, 5.74) is 0.766. The average molecular weight is 287 g/mol. The molecule has 21 heavy (non-hydrogen) atoms. The molecule has 0 radical (unpaired) electrons. The summed E-state index contributed by atoms with van der Waals surface area (Å²) in [5.74, 6) is 2.43. The van der Waals surface area contributed by atoms with E-state index < -0.39 is 4.92 Å². The van der Waals surface area contributed by atoms with Gasteiger partial charge in [0.25, 0.3) is 11.7 Å². The zero-order valence-electron chi connectivity index (χ0n) is 11.6. The number of nitro benzene ring substituents is 1. The lowest BCUT2D eigenvalue weighted by molar-refractivity contribution is -0.383. The number of anilines is 1. The third kappa shape index (κ3) is 2.14. The van der Waals surface area contributed by atoms with E-state index >= 15 is 0 Å². The summed E-state index contributed by atoms with van der Waals surface area (Å²) in [7, 11) is 0. The maximum atomic E-state index is 11.0. The lowest BCUT2D eigenvalue weighted by atomic mass is 9.89. The molecule has 2 aliphatic carbocycles. The van der Waals surface area contributed by atoms with Gasteiger partial charge in [-0.1, -0.05) is 12.5 Å². The van der Waals surface area contributed by atoms with Crippen molar-refractivity contribution in [3.8, 4) is 0 Å². The van der Waals surface area contributed by atoms with Crippen LogP contribution in [0.2, 0.25) is 0 Å². The molecule has 0 spiro atoms. The van der Waals surface area contributed by atoms with E-state index in [2.05, 4.69) is 10.3 Å². The first-order valence-electron chi connectivity index (χ1n) is 7.48. The second kappa shape index (κ2) is 4.72. The largest absolute Gasteiger partial charge is 0.423 e. The quantitative estimate of drug-likeness (QED) is 0.686. The molecule has 110 valence electrons. The zero-order valence-corrected chi connectivity index (χ0v) is 11.6. The number of fused-ring (bicyclic) bond motifs is 3. The van der Waals surface area contributed by atoms with Crippen LogP contribution in [0.1, 0.15) is 25.7 Å². The van der Waals surface area contributed by atoms with E-state index in [1.54, 1.807) is 12.1 Å². The number of nitro groups is 1. The van der Waals surface area contributed by atoms with E-state index in [1.165, 1.54) is 31.7 Å². The molecular formula is C15H17N3O3. The first kappa shape index (κ1) is 12.6. The highest BCUT2D eigenvalue weighted by Gasteiger charge is 2.39. The summed E-state index contributed by atoms with van der Waals surface area (Å²) in [6, 6.07) is 5.16. The Balaban J connectivity index is 1.52. The highest BCUT2D eigenvalue weighted by molar-refractivity contribution is 5.83. The smallest absolute Gasteiger partial charge is 0.298 e. The zero-order chi connectivity index (χ0) is 14.4. The topological polar surface area (TPSA) is 81.2 Å². The van der Waals surface area contributed by atoms with Crippen molar-refractivity contribution in [2.24, 2.45) is 17.8 Å². The minimum atomic E-state index is -0.426. The van der Waals surface area contributed by atoms with E-state index in [9.17, 15) is 10.1 Å². The molecule has 6 heteroatoms. The number of hydrogen-bond donors (Lipinski definition) is 1. The molecule has 1 aromatic carbocycles. The molecule has 2 bridgehead atoms. The van der Waals surface area contributed by atoms with Crippen molar-refractivity contribution in [3.63, 3.8) is 0 Å². The minimum absolute atomic E-state index is 0.00998. The van der Waals surface area contributed by atoms with Gasteiger partial charge in [0, 0.05) is 12.6 Å². The van der Waals surface area contributed by atoms with Crippen molar-refractivity contribution in [3.05, 3.63) is 28.3 Å². The monoisotopic (exact) mass is 287 g/mol. The van der Waals surface area contributed by atoms with Crippen molar-refractivity contribution in [1.29, 1.82) is 0 Å². The normalized spacial score (nSPS) is 27.3. The van der Waals surface area contributed by atoms with Crippen molar-refractivity contribution in [2.75, 3.05) is 11.9 Å². The third-order valence-electron chi connectivity index (χ3n) is 4.99. The molecule has 0 saturated heterocycles. The van der Waals surface area contributed by atoms with Crippen LogP contribution < -0.4 is 5.32 Å². The molecule has 1 aromatic heterocycles. The van der Waals surface area contributed by atoms with Crippen molar-refractivity contribution in [2.45, 2.75) is 25.7 Å². The maximum absolute atomic E-state index is 11.0. The number of non-ortho nitro benzene ring substituents is 1. The lowest BCUT2D eigenvalue weighted by Crippen LogP contribution is -2.20. The molecule has 2 saturated carbocycles. The lowest BCUT2D eigenvalue weighted by Gasteiger charge is -2.21. The van der Waals surface area contributed by atoms with E-state index in [4.69, 9.17) is 4.42 Å². The third-order valence-corrected chi connectivity index (χ3v) is 4.99. The molecule has 3 atom stereocenters. The molecule has 6 nitrogen and oxygen atoms in total. The molecule has 1 N–H and O–H groups in total. The Morgan fingerprint density at radius 3 is 3.00 bits per heavy atom. The van der Waals surface area contributed by atoms with Gasteiger partial charge in [-0.3, -0.25) is 10.1 Å². The van der Waals surface area contributed by atoms with Crippen LogP contribution in [0.4, 0.5) is 11.7 Å². The number of para-hydroxylation sites is 1. The van der Waals surface area contributed by atoms with Gasteiger partial charge in [-0.25, -0.2) is 0 Å². The molecule has 3 unspecified atom stereocenters. The summed E-state index contributed by atoms with van der Waals surface area (Å²) in [5, 5.41) is 14.2. The number of benzene rings is 1. The fourth-order valence-electron chi connectivity index (χ4n) is 4.00. The van der Waals surface area contributed by atoms with Crippen LogP contribution in [-0.4, -0.2) is 16.5 Å². The molecule has 4 rings (SSSR count). The van der Waals surface area contributed by atoms with Gasteiger partial charge in [-0.15, -0.1) is 0 Å². The first-order valence-corrected chi connectivity index (χ1v) is 7.48. The first-order chi connectivity index (χ1) is 10.2. The minimum Gasteiger partial charge on any atom is -0.423 e. The van der Waals surface area contributed by atoms with Crippen LogP contribution in [-0.2, 0) is 0 Å². The Kier molecular flexibility index (Phi) is 2.83. The number of rotatable bonds is 4. The number of aromatic nitrogens is 1. The molecular weight excluding hydrogens is 270 g/mol. The summed E-state index contributed by atoms with van der Waals surface area (Å²) in [6.07, 6.45) is 5.38. The molecule has 0 aliphatic heterocycles. The van der Waals surface area contributed by atoms with E-state index in [0.717, 1.165) is 18.4 Å². The van der Waals surface area contributed by atoms with Gasteiger partial charge in [-0.05, 0) is 43.1 Å². The highest BCUT2D eigenvalue weighted by atomic mass is 16.6. The second-order valence-corrected chi connectivity index (χ2v) is 6.22.